The van der Waals surface area contributed by atoms with Crippen LogP contribution in [0.25, 0.3) is 10.9 Å². The number of aromatic nitrogens is 2. The third-order valence-corrected chi connectivity index (χ3v) is 3.52. The number of phenolic OH excluding ortho intramolecular Hbond substituents is 1. The smallest absolute Gasteiger partial charge is 0.116 e. The van der Waals surface area contributed by atoms with E-state index >= 15 is 0 Å². The molecule has 1 aromatic carbocycles. The Kier molecular flexibility index (Phi) is 2.57. The molecule has 0 fully saturated rings. The Morgan fingerprint density at radius 2 is 2.24 bits per heavy atom. The number of nitrogens with zero attached hydrogens (tertiary/aromatic N) is 1. The highest BCUT2D eigenvalue weighted by molar-refractivity contribution is 7.07. The molecule has 0 spiro atoms. The first-order chi connectivity index (χ1) is 8.33. The quantitative estimate of drug-likeness (QED) is 0.743. The van der Waals surface area contributed by atoms with Crippen LogP contribution in [-0.4, -0.2) is 15.1 Å². The van der Waals surface area contributed by atoms with Gasteiger partial charge in [0.2, 0.25) is 0 Å². The summed E-state index contributed by atoms with van der Waals surface area (Å²) in [6, 6.07) is 5.41. The number of aromatic hydroxyl groups is 1. The fraction of sp³-hybridized carbons (Fsp3) is 0.154. The monoisotopic (exact) mass is 244 g/mol. The van der Waals surface area contributed by atoms with E-state index in [4.69, 9.17) is 0 Å². The van der Waals surface area contributed by atoms with Crippen molar-refractivity contribution in [1.82, 2.24) is 9.97 Å². The molecule has 0 unspecified atom stereocenters. The SMILES string of the molecule is Oc1ccc2[nH]cc(CCc3cscn3)c2c1. The summed E-state index contributed by atoms with van der Waals surface area (Å²) < 4.78 is 0. The largest absolute Gasteiger partial charge is 0.508 e. The van der Waals surface area contributed by atoms with Gasteiger partial charge in [-0.3, -0.25) is 0 Å². The van der Waals surface area contributed by atoms with E-state index in [0.29, 0.717) is 5.75 Å². The number of benzene rings is 1. The van der Waals surface area contributed by atoms with Crippen LogP contribution in [0.5, 0.6) is 5.75 Å². The van der Waals surface area contributed by atoms with Crippen molar-refractivity contribution in [1.29, 1.82) is 0 Å². The van der Waals surface area contributed by atoms with E-state index in [9.17, 15) is 5.11 Å². The Morgan fingerprint density at radius 1 is 1.29 bits per heavy atom. The molecule has 0 bridgehead atoms. The van der Waals surface area contributed by atoms with Crippen LogP contribution in [0.15, 0.2) is 35.3 Å². The Bertz CT molecular complexity index is 628. The molecule has 2 heterocycles. The van der Waals surface area contributed by atoms with Crippen LogP contribution >= 0.6 is 11.3 Å². The van der Waals surface area contributed by atoms with Gasteiger partial charge in [0.1, 0.15) is 5.75 Å². The number of fused-ring (bicyclic) bond motifs is 1. The molecule has 0 aliphatic heterocycles. The molecule has 0 saturated carbocycles. The summed E-state index contributed by atoms with van der Waals surface area (Å²) in [4.78, 5) is 7.49. The number of H-pyrrole nitrogens is 1. The van der Waals surface area contributed by atoms with Gasteiger partial charge in [0.05, 0.1) is 11.2 Å². The van der Waals surface area contributed by atoms with E-state index < -0.39 is 0 Å². The summed E-state index contributed by atoms with van der Waals surface area (Å²) >= 11 is 1.62. The number of hydrogen-bond donors (Lipinski definition) is 2. The normalized spacial score (nSPS) is 11.1. The van der Waals surface area contributed by atoms with E-state index in [1.165, 1.54) is 5.56 Å². The summed E-state index contributed by atoms with van der Waals surface area (Å²) in [5.41, 5.74) is 5.28. The second-order valence-electron chi connectivity index (χ2n) is 4.02. The second-order valence-corrected chi connectivity index (χ2v) is 4.74. The standard InChI is InChI=1S/C13H12N2OS/c16-11-3-4-13-12(5-11)9(6-14-13)1-2-10-7-17-8-15-10/h3-8,14,16H,1-2H2. The van der Waals surface area contributed by atoms with Crippen molar-refractivity contribution in [3.8, 4) is 5.75 Å². The number of nitrogens with one attached hydrogen (secondary N) is 1. The van der Waals surface area contributed by atoms with Crippen LogP contribution < -0.4 is 0 Å². The zero-order valence-electron chi connectivity index (χ0n) is 9.18. The molecule has 17 heavy (non-hydrogen) atoms. The fourth-order valence-electron chi connectivity index (χ4n) is 2.00. The molecular formula is C13H12N2OS. The molecule has 0 amide bonds. The molecule has 0 saturated heterocycles. The van der Waals surface area contributed by atoms with Crippen molar-refractivity contribution < 1.29 is 5.11 Å². The van der Waals surface area contributed by atoms with Gasteiger partial charge in [0.15, 0.2) is 0 Å². The Labute approximate surface area is 103 Å². The predicted octanol–water partition coefficient (Wildman–Crippen LogP) is 3.12. The van der Waals surface area contributed by atoms with Crippen LogP contribution in [-0.2, 0) is 12.8 Å². The Morgan fingerprint density at radius 3 is 3.06 bits per heavy atom. The average Bonchev–Trinajstić information content (AvgIpc) is 2.94. The van der Waals surface area contributed by atoms with Crippen LogP contribution in [0, 0.1) is 0 Å². The molecule has 3 rings (SSSR count). The van der Waals surface area contributed by atoms with Gasteiger partial charge < -0.3 is 10.1 Å². The van der Waals surface area contributed by atoms with E-state index in [0.717, 1.165) is 29.4 Å². The third kappa shape index (κ3) is 2.03. The van der Waals surface area contributed by atoms with Crippen molar-refractivity contribution in [2.24, 2.45) is 0 Å². The lowest BCUT2D eigenvalue weighted by Gasteiger charge is -1.98. The van der Waals surface area contributed by atoms with Crippen LogP contribution in [0.2, 0.25) is 0 Å². The van der Waals surface area contributed by atoms with Gasteiger partial charge in [-0.2, -0.15) is 0 Å². The second kappa shape index (κ2) is 4.22. The van der Waals surface area contributed by atoms with Gasteiger partial charge in [-0.15, -0.1) is 11.3 Å². The number of aryl methyl sites for hydroxylation is 2. The summed E-state index contributed by atoms with van der Waals surface area (Å²) in [5, 5.41) is 12.7. The molecule has 86 valence electrons. The Balaban J connectivity index is 1.87. The van der Waals surface area contributed by atoms with Crippen LogP contribution in [0.1, 0.15) is 11.3 Å². The first-order valence-electron chi connectivity index (χ1n) is 5.49. The van der Waals surface area contributed by atoms with Crippen LogP contribution in [0.4, 0.5) is 0 Å². The van der Waals surface area contributed by atoms with Crippen molar-refractivity contribution in [2.75, 3.05) is 0 Å². The van der Waals surface area contributed by atoms with E-state index in [2.05, 4.69) is 15.3 Å². The lowest BCUT2D eigenvalue weighted by atomic mass is 10.1. The molecule has 4 heteroatoms. The van der Waals surface area contributed by atoms with Gasteiger partial charge in [0.25, 0.3) is 0 Å². The van der Waals surface area contributed by atoms with E-state index in [-0.39, 0.29) is 0 Å². The molecule has 2 N–H and O–H groups in total. The van der Waals surface area contributed by atoms with Gasteiger partial charge in [-0.1, -0.05) is 0 Å². The van der Waals surface area contributed by atoms with Crippen molar-refractivity contribution >= 4 is 22.2 Å². The zero-order valence-corrected chi connectivity index (χ0v) is 10.00. The highest BCUT2D eigenvalue weighted by Crippen LogP contribution is 2.23. The number of rotatable bonds is 3. The third-order valence-electron chi connectivity index (χ3n) is 2.88. The highest BCUT2D eigenvalue weighted by Gasteiger charge is 2.05. The minimum Gasteiger partial charge on any atom is -0.508 e. The minimum absolute atomic E-state index is 0.312. The maximum Gasteiger partial charge on any atom is 0.116 e. The minimum atomic E-state index is 0.312. The summed E-state index contributed by atoms with van der Waals surface area (Å²) in [5.74, 6) is 0.312. The lowest BCUT2D eigenvalue weighted by Crippen LogP contribution is -1.89. The number of aromatic amines is 1. The summed E-state index contributed by atoms with van der Waals surface area (Å²) in [7, 11) is 0. The van der Waals surface area contributed by atoms with Crippen molar-refractivity contribution in [2.45, 2.75) is 12.8 Å². The van der Waals surface area contributed by atoms with Crippen molar-refractivity contribution in [3.05, 3.63) is 46.5 Å². The molecule has 0 aliphatic rings. The first kappa shape index (κ1) is 10.4. The van der Waals surface area contributed by atoms with Gasteiger partial charge in [-0.05, 0) is 36.6 Å². The molecule has 3 nitrogen and oxygen atoms in total. The maximum absolute atomic E-state index is 9.50. The van der Waals surface area contributed by atoms with Gasteiger partial charge >= 0.3 is 0 Å². The van der Waals surface area contributed by atoms with Gasteiger partial charge in [0, 0.05) is 22.5 Å². The van der Waals surface area contributed by atoms with Crippen molar-refractivity contribution in [3.63, 3.8) is 0 Å². The maximum atomic E-state index is 9.50. The lowest BCUT2D eigenvalue weighted by molar-refractivity contribution is 0.476. The average molecular weight is 244 g/mol. The summed E-state index contributed by atoms with van der Waals surface area (Å²) in [6.45, 7) is 0. The Hall–Kier alpha value is -1.81. The fourth-order valence-corrected chi connectivity index (χ4v) is 2.59. The number of phenols is 1. The first-order valence-corrected chi connectivity index (χ1v) is 6.43. The topological polar surface area (TPSA) is 48.9 Å². The van der Waals surface area contributed by atoms with Gasteiger partial charge in [-0.25, -0.2) is 4.98 Å². The number of hydrogen-bond acceptors (Lipinski definition) is 3. The predicted molar refractivity (Wildman–Crippen MR) is 69.5 cm³/mol. The molecule has 3 aromatic rings. The molecule has 0 aliphatic carbocycles. The van der Waals surface area contributed by atoms with Crippen LogP contribution in [0.3, 0.4) is 0 Å². The molecule has 0 atom stereocenters. The molecule has 0 radical (unpaired) electrons. The number of thiazole rings is 1. The molecule has 2 aromatic heterocycles. The summed E-state index contributed by atoms with van der Waals surface area (Å²) in [6.07, 6.45) is 3.88. The zero-order chi connectivity index (χ0) is 11.7. The molecular weight excluding hydrogens is 232 g/mol. The van der Waals surface area contributed by atoms with E-state index in [1.54, 1.807) is 17.4 Å². The highest BCUT2D eigenvalue weighted by atomic mass is 32.1. The van der Waals surface area contributed by atoms with E-state index in [1.807, 2.05) is 23.8 Å².